The summed E-state index contributed by atoms with van der Waals surface area (Å²) in [6.07, 6.45) is 6.52. The Morgan fingerprint density at radius 2 is 2.12 bits per heavy atom. The van der Waals surface area contributed by atoms with Crippen LogP contribution in [0.25, 0.3) is 0 Å². The van der Waals surface area contributed by atoms with Crippen LogP contribution in [-0.4, -0.2) is 25.8 Å². The molecular weight excluding hydrogens is 198 g/mol. The van der Waals surface area contributed by atoms with E-state index in [0.29, 0.717) is 6.04 Å². The molecule has 1 heterocycles. The van der Waals surface area contributed by atoms with Crippen molar-refractivity contribution in [3.05, 3.63) is 0 Å². The van der Waals surface area contributed by atoms with Crippen LogP contribution in [0.1, 0.15) is 52.9 Å². The Morgan fingerprint density at radius 1 is 1.31 bits per heavy atom. The lowest BCUT2D eigenvalue weighted by Gasteiger charge is -2.24. The number of nitrogens with one attached hydrogen (secondary N) is 1. The summed E-state index contributed by atoms with van der Waals surface area (Å²) in [5, 5.41) is 3.71. The lowest BCUT2D eigenvalue weighted by Crippen LogP contribution is -2.37. The maximum absolute atomic E-state index is 5.51. The molecule has 0 aromatic carbocycles. The van der Waals surface area contributed by atoms with E-state index in [4.69, 9.17) is 4.74 Å². The number of hydrogen-bond donors (Lipinski definition) is 1. The molecule has 0 aliphatic carbocycles. The van der Waals surface area contributed by atoms with Crippen molar-refractivity contribution in [2.45, 2.75) is 58.9 Å². The largest absolute Gasteiger partial charge is 0.381 e. The Hall–Kier alpha value is -0.0800. The fourth-order valence-corrected chi connectivity index (χ4v) is 2.45. The zero-order valence-corrected chi connectivity index (χ0v) is 11.3. The predicted molar refractivity (Wildman–Crippen MR) is 69.7 cm³/mol. The predicted octanol–water partition coefficient (Wildman–Crippen LogP) is 3.22. The molecule has 0 saturated carbocycles. The first kappa shape index (κ1) is 14.0. The van der Waals surface area contributed by atoms with E-state index < -0.39 is 0 Å². The minimum atomic E-state index is 0.696. The van der Waals surface area contributed by atoms with Crippen molar-refractivity contribution in [1.29, 1.82) is 0 Å². The molecule has 0 bridgehead atoms. The Balaban J connectivity index is 2.25. The highest BCUT2D eigenvalue weighted by Crippen LogP contribution is 2.21. The van der Waals surface area contributed by atoms with Gasteiger partial charge in [-0.3, -0.25) is 0 Å². The summed E-state index contributed by atoms with van der Waals surface area (Å²) in [6, 6.07) is 0.696. The molecule has 1 rings (SSSR count). The van der Waals surface area contributed by atoms with E-state index in [0.717, 1.165) is 31.6 Å². The lowest BCUT2D eigenvalue weighted by atomic mass is 9.92. The van der Waals surface area contributed by atoms with Crippen LogP contribution < -0.4 is 5.32 Å². The molecule has 0 aromatic rings. The molecule has 0 spiro atoms. The summed E-state index contributed by atoms with van der Waals surface area (Å²) in [4.78, 5) is 0. The summed E-state index contributed by atoms with van der Waals surface area (Å²) in [5.41, 5.74) is 0. The Labute approximate surface area is 101 Å². The van der Waals surface area contributed by atoms with Crippen molar-refractivity contribution in [2.75, 3.05) is 19.8 Å². The topological polar surface area (TPSA) is 21.3 Å². The molecule has 0 aromatic heterocycles. The van der Waals surface area contributed by atoms with Crippen LogP contribution in [0, 0.1) is 11.8 Å². The van der Waals surface area contributed by atoms with Crippen LogP contribution in [0.2, 0.25) is 0 Å². The minimum Gasteiger partial charge on any atom is -0.381 e. The van der Waals surface area contributed by atoms with Gasteiger partial charge in [0.2, 0.25) is 0 Å². The molecule has 1 aliphatic heterocycles. The molecule has 2 nitrogen and oxygen atoms in total. The quantitative estimate of drug-likeness (QED) is 0.687. The SMILES string of the molecule is CCCNC(CCCC(C)C)C1CCOC1. The minimum absolute atomic E-state index is 0.696. The number of hydrogen-bond acceptors (Lipinski definition) is 2. The van der Waals surface area contributed by atoms with E-state index in [-0.39, 0.29) is 0 Å². The van der Waals surface area contributed by atoms with E-state index in [1.165, 1.54) is 32.1 Å². The van der Waals surface area contributed by atoms with Gasteiger partial charge in [0.15, 0.2) is 0 Å². The molecule has 0 radical (unpaired) electrons. The van der Waals surface area contributed by atoms with Gasteiger partial charge in [0.1, 0.15) is 0 Å². The first-order chi connectivity index (χ1) is 7.74. The molecule has 1 fully saturated rings. The highest BCUT2D eigenvalue weighted by molar-refractivity contribution is 4.79. The van der Waals surface area contributed by atoms with Gasteiger partial charge in [0.05, 0.1) is 6.61 Å². The number of ether oxygens (including phenoxy) is 1. The Morgan fingerprint density at radius 3 is 2.69 bits per heavy atom. The maximum atomic E-state index is 5.51. The summed E-state index contributed by atoms with van der Waals surface area (Å²) in [7, 11) is 0. The van der Waals surface area contributed by atoms with Crippen LogP contribution in [0.5, 0.6) is 0 Å². The van der Waals surface area contributed by atoms with Gasteiger partial charge in [-0.25, -0.2) is 0 Å². The molecule has 16 heavy (non-hydrogen) atoms. The van der Waals surface area contributed by atoms with Crippen molar-refractivity contribution in [1.82, 2.24) is 5.32 Å². The third kappa shape index (κ3) is 5.31. The molecule has 1 aliphatic rings. The first-order valence-corrected chi connectivity index (χ1v) is 7.05. The van der Waals surface area contributed by atoms with Crippen LogP contribution >= 0.6 is 0 Å². The summed E-state index contributed by atoms with van der Waals surface area (Å²) >= 11 is 0. The molecule has 96 valence electrons. The standard InChI is InChI=1S/C14H29NO/c1-4-9-15-14(7-5-6-12(2)3)13-8-10-16-11-13/h12-15H,4-11H2,1-3H3. The summed E-state index contributed by atoms with van der Waals surface area (Å²) in [5.74, 6) is 1.60. The second-order valence-corrected chi connectivity index (χ2v) is 5.51. The van der Waals surface area contributed by atoms with Crippen molar-refractivity contribution < 1.29 is 4.74 Å². The van der Waals surface area contributed by atoms with Gasteiger partial charge in [0, 0.05) is 12.6 Å². The number of rotatable bonds is 8. The van der Waals surface area contributed by atoms with Crippen LogP contribution in [-0.2, 0) is 4.74 Å². The normalized spacial score (nSPS) is 22.9. The van der Waals surface area contributed by atoms with E-state index in [1.54, 1.807) is 0 Å². The van der Waals surface area contributed by atoms with Crippen molar-refractivity contribution >= 4 is 0 Å². The molecule has 2 unspecified atom stereocenters. The van der Waals surface area contributed by atoms with Crippen molar-refractivity contribution in [3.63, 3.8) is 0 Å². The molecule has 2 atom stereocenters. The van der Waals surface area contributed by atoms with Crippen LogP contribution in [0.4, 0.5) is 0 Å². The van der Waals surface area contributed by atoms with Gasteiger partial charge < -0.3 is 10.1 Å². The zero-order chi connectivity index (χ0) is 11.8. The summed E-state index contributed by atoms with van der Waals surface area (Å²) < 4.78 is 5.51. The van der Waals surface area contributed by atoms with Gasteiger partial charge in [-0.2, -0.15) is 0 Å². The molecule has 1 saturated heterocycles. The van der Waals surface area contributed by atoms with Crippen molar-refractivity contribution in [2.24, 2.45) is 11.8 Å². The molecule has 1 N–H and O–H groups in total. The zero-order valence-electron chi connectivity index (χ0n) is 11.3. The van der Waals surface area contributed by atoms with E-state index >= 15 is 0 Å². The average Bonchev–Trinajstić information content (AvgIpc) is 2.75. The first-order valence-electron chi connectivity index (χ1n) is 7.05. The molecular formula is C14H29NO. The molecule has 2 heteroatoms. The van der Waals surface area contributed by atoms with Crippen LogP contribution in [0.3, 0.4) is 0 Å². The highest BCUT2D eigenvalue weighted by Gasteiger charge is 2.24. The fraction of sp³-hybridized carbons (Fsp3) is 1.00. The van der Waals surface area contributed by atoms with Crippen molar-refractivity contribution in [3.8, 4) is 0 Å². The second kappa shape index (κ2) is 8.08. The smallest absolute Gasteiger partial charge is 0.0510 e. The van der Waals surface area contributed by atoms with Gasteiger partial charge in [-0.15, -0.1) is 0 Å². The summed E-state index contributed by atoms with van der Waals surface area (Å²) in [6.45, 7) is 9.97. The van der Waals surface area contributed by atoms with Crippen LogP contribution in [0.15, 0.2) is 0 Å². The third-order valence-electron chi connectivity index (χ3n) is 3.49. The van der Waals surface area contributed by atoms with Gasteiger partial charge in [0.25, 0.3) is 0 Å². The van der Waals surface area contributed by atoms with E-state index in [9.17, 15) is 0 Å². The van der Waals surface area contributed by atoms with E-state index in [1.807, 2.05) is 0 Å². The molecule has 0 amide bonds. The third-order valence-corrected chi connectivity index (χ3v) is 3.49. The van der Waals surface area contributed by atoms with E-state index in [2.05, 4.69) is 26.1 Å². The maximum Gasteiger partial charge on any atom is 0.0510 e. The van der Waals surface area contributed by atoms with Gasteiger partial charge in [-0.05, 0) is 37.6 Å². The Bertz CT molecular complexity index is 164. The monoisotopic (exact) mass is 227 g/mol. The Kier molecular flexibility index (Phi) is 7.06. The van der Waals surface area contributed by atoms with Gasteiger partial charge >= 0.3 is 0 Å². The average molecular weight is 227 g/mol. The highest BCUT2D eigenvalue weighted by atomic mass is 16.5. The van der Waals surface area contributed by atoms with Gasteiger partial charge in [-0.1, -0.05) is 33.6 Å². The fourth-order valence-electron chi connectivity index (χ4n) is 2.45. The lowest BCUT2D eigenvalue weighted by molar-refractivity contribution is 0.174. The second-order valence-electron chi connectivity index (χ2n) is 5.51.